The van der Waals surface area contributed by atoms with E-state index in [1.54, 1.807) is 37.3 Å². The van der Waals surface area contributed by atoms with Crippen LogP contribution in [0.15, 0.2) is 48.5 Å². The molecule has 134 valence electrons. The zero-order chi connectivity index (χ0) is 18.6. The van der Waals surface area contributed by atoms with Gasteiger partial charge in [0, 0.05) is 5.69 Å². The second-order valence-electron chi connectivity index (χ2n) is 5.79. The molecule has 1 unspecified atom stereocenters. The second-order valence-corrected chi connectivity index (χ2v) is 7.65. The van der Waals surface area contributed by atoms with E-state index >= 15 is 0 Å². The molecule has 2 aromatic rings. The summed E-state index contributed by atoms with van der Waals surface area (Å²) in [6, 6.07) is 12.9. The van der Waals surface area contributed by atoms with Gasteiger partial charge in [-0.3, -0.25) is 9.10 Å². The second kappa shape index (κ2) is 7.57. The fourth-order valence-corrected chi connectivity index (χ4v) is 3.68. The number of aryl methyl sites for hydroxylation is 1. The van der Waals surface area contributed by atoms with Crippen LogP contribution in [0.5, 0.6) is 5.75 Å². The van der Waals surface area contributed by atoms with Gasteiger partial charge in [0.25, 0.3) is 0 Å². The molecule has 2 rings (SSSR count). The number of hydrogen-bond acceptors (Lipinski definition) is 4. The molecular weight excluding hydrogens is 340 g/mol. The van der Waals surface area contributed by atoms with Gasteiger partial charge in [-0.25, -0.2) is 8.42 Å². The predicted octanol–water partition coefficient (Wildman–Crippen LogP) is 2.80. The van der Waals surface area contributed by atoms with E-state index in [9.17, 15) is 13.2 Å². The summed E-state index contributed by atoms with van der Waals surface area (Å²) < 4.78 is 30.7. The van der Waals surface area contributed by atoms with Crippen molar-refractivity contribution in [3.63, 3.8) is 0 Å². The molecule has 7 heteroatoms. The van der Waals surface area contributed by atoms with Crippen LogP contribution in [0.2, 0.25) is 0 Å². The summed E-state index contributed by atoms with van der Waals surface area (Å²) in [6.45, 7) is 3.47. The number of nitrogens with one attached hydrogen (secondary N) is 1. The molecule has 0 aliphatic heterocycles. The van der Waals surface area contributed by atoms with Crippen LogP contribution in [0.1, 0.15) is 12.5 Å². The number of nitrogens with zero attached hydrogens (tertiary/aromatic N) is 1. The molecule has 1 atom stereocenters. The normalized spacial score (nSPS) is 12.3. The molecule has 0 bridgehead atoms. The molecule has 1 amide bonds. The van der Waals surface area contributed by atoms with Gasteiger partial charge in [0.2, 0.25) is 15.9 Å². The molecule has 6 nitrogen and oxygen atoms in total. The Kier molecular flexibility index (Phi) is 5.69. The number of ether oxygens (including phenoxy) is 1. The van der Waals surface area contributed by atoms with Crippen LogP contribution in [0, 0.1) is 6.92 Å². The summed E-state index contributed by atoms with van der Waals surface area (Å²) in [5.74, 6) is 0.195. The lowest BCUT2D eigenvalue weighted by Crippen LogP contribution is -2.45. The topological polar surface area (TPSA) is 75.7 Å². The highest BCUT2D eigenvalue weighted by Gasteiger charge is 2.29. The van der Waals surface area contributed by atoms with E-state index in [4.69, 9.17) is 4.74 Å². The van der Waals surface area contributed by atoms with Gasteiger partial charge in [0.1, 0.15) is 11.8 Å². The molecule has 0 saturated carbocycles. The Hall–Kier alpha value is -2.54. The highest BCUT2D eigenvalue weighted by molar-refractivity contribution is 7.92. The van der Waals surface area contributed by atoms with Gasteiger partial charge < -0.3 is 10.1 Å². The van der Waals surface area contributed by atoms with Crippen LogP contribution in [0.25, 0.3) is 0 Å². The first kappa shape index (κ1) is 18.8. The summed E-state index contributed by atoms with van der Waals surface area (Å²) in [5.41, 5.74) is 2.02. The van der Waals surface area contributed by atoms with Gasteiger partial charge in [0.05, 0.1) is 19.1 Å². The van der Waals surface area contributed by atoms with Gasteiger partial charge in [-0.15, -0.1) is 0 Å². The van der Waals surface area contributed by atoms with Crippen molar-refractivity contribution in [2.45, 2.75) is 19.9 Å². The smallest absolute Gasteiger partial charge is 0.247 e. The number of rotatable bonds is 6. The predicted molar refractivity (Wildman–Crippen MR) is 99.6 cm³/mol. The van der Waals surface area contributed by atoms with Gasteiger partial charge in [-0.05, 0) is 55.8 Å². The first-order valence-corrected chi connectivity index (χ1v) is 9.58. The molecule has 0 saturated heterocycles. The minimum Gasteiger partial charge on any atom is -0.497 e. The number of carbonyl (C=O) groups is 1. The summed E-state index contributed by atoms with van der Waals surface area (Å²) in [7, 11) is -2.12. The number of anilines is 2. The van der Waals surface area contributed by atoms with E-state index in [0.29, 0.717) is 17.1 Å². The Morgan fingerprint density at radius 2 is 1.80 bits per heavy atom. The minimum absolute atomic E-state index is 0.398. The fourth-order valence-electron chi connectivity index (χ4n) is 2.51. The molecule has 2 aromatic carbocycles. The summed E-state index contributed by atoms with van der Waals surface area (Å²) in [4.78, 5) is 12.6. The fraction of sp³-hybridized carbons (Fsp3) is 0.278. The van der Waals surface area contributed by atoms with Gasteiger partial charge in [0.15, 0.2) is 0 Å². The molecule has 1 N–H and O–H groups in total. The van der Waals surface area contributed by atoms with E-state index in [1.807, 2.05) is 25.1 Å². The average Bonchev–Trinajstić information content (AvgIpc) is 2.54. The number of benzene rings is 2. The van der Waals surface area contributed by atoms with Crippen molar-refractivity contribution >= 4 is 27.3 Å². The largest absolute Gasteiger partial charge is 0.497 e. The lowest BCUT2D eigenvalue weighted by Gasteiger charge is -2.28. The molecule has 0 aliphatic rings. The van der Waals surface area contributed by atoms with Crippen molar-refractivity contribution in [1.82, 2.24) is 0 Å². The third kappa shape index (κ3) is 4.73. The summed E-state index contributed by atoms with van der Waals surface area (Å²) in [5, 5.41) is 2.76. The maximum Gasteiger partial charge on any atom is 0.247 e. The number of amides is 1. The molecule has 25 heavy (non-hydrogen) atoms. The Bertz CT molecular complexity index is 848. The molecule has 0 heterocycles. The summed E-state index contributed by atoms with van der Waals surface area (Å²) in [6.07, 6.45) is 1.08. The van der Waals surface area contributed by atoms with Crippen LogP contribution in [0.3, 0.4) is 0 Å². The van der Waals surface area contributed by atoms with Gasteiger partial charge >= 0.3 is 0 Å². The number of methoxy groups -OCH3 is 1. The highest BCUT2D eigenvalue weighted by atomic mass is 32.2. The first-order valence-electron chi connectivity index (χ1n) is 7.73. The third-order valence-corrected chi connectivity index (χ3v) is 4.94. The van der Waals surface area contributed by atoms with Gasteiger partial charge in [-0.1, -0.05) is 12.1 Å². The van der Waals surface area contributed by atoms with Crippen molar-refractivity contribution in [3.8, 4) is 5.75 Å². The van der Waals surface area contributed by atoms with E-state index in [0.717, 1.165) is 16.1 Å². The van der Waals surface area contributed by atoms with E-state index in [-0.39, 0.29) is 0 Å². The Morgan fingerprint density at radius 1 is 1.16 bits per heavy atom. The molecule has 0 radical (unpaired) electrons. The van der Waals surface area contributed by atoms with E-state index < -0.39 is 22.0 Å². The first-order chi connectivity index (χ1) is 11.7. The maximum absolute atomic E-state index is 12.6. The van der Waals surface area contributed by atoms with E-state index in [2.05, 4.69) is 5.32 Å². The monoisotopic (exact) mass is 362 g/mol. The van der Waals surface area contributed by atoms with Crippen molar-refractivity contribution in [2.24, 2.45) is 0 Å². The minimum atomic E-state index is -3.65. The number of carbonyl (C=O) groups excluding carboxylic acids is 1. The Balaban J connectivity index is 2.29. The van der Waals surface area contributed by atoms with Crippen LogP contribution < -0.4 is 14.4 Å². The lowest BCUT2D eigenvalue weighted by molar-refractivity contribution is -0.116. The zero-order valence-corrected chi connectivity index (χ0v) is 15.5. The Morgan fingerprint density at radius 3 is 2.32 bits per heavy atom. The summed E-state index contributed by atoms with van der Waals surface area (Å²) >= 11 is 0. The standard InChI is InChI=1S/C18H22N2O4S/c1-13-6-5-7-15(12-13)19-18(21)14(2)20(25(4,22)23)16-8-10-17(24-3)11-9-16/h5-12,14H,1-4H3,(H,19,21). The molecule has 0 fully saturated rings. The zero-order valence-electron chi connectivity index (χ0n) is 14.7. The number of hydrogen-bond donors (Lipinski definition) is 1. The highest BCUT2D eigenvalue weighted by Crippen LogP contribution is 2.24. The van der Waals surface area contributed by atoms with Crippen molar-refractivity contribution in [1.29, 1.82) is 0 Å². The lowest BCUT2D eigenvalue weighted by atomic mass is 10.2. The number of sulfonamides is 1. The molecular formula is C18H22N2O4S. The maximum atomic E-state index is 12.6. The SMILES string of the molecule is COc1ccc(N(C(C)C(=O)Nc2cccc(C)c2)S(C)(=O)=O)cc1. The molecule has 0 aromatic heterocycles. The molecule has 0 aliphatic carbocycles. The van der Waals surface area contributed by atoms with Crippen molar-refractivity contribution < 1.29 is 17.9 Å². The van der Waals surface area contributed by atoms with Crippen molar-refractivity contribution in [2.75, 3.05) is 23.0 Å². The quantitative estimate of drug-likeness (QED) is 0.857. The van der Waals surface area contributed by atoms with Crippen molar-refractivity contribution in [3.05, 3.63) is 54.1 Å². The van der Waals surface area contributed by atoms with Crippen LogP contribution in [-0.4, -0.2) is 33.7 Å². The van der Waals surface area contributed by atoms with Crippen LogP contribution in [0.4, 0.5) is 11.4 Å². The average molecular weight is 362 g/mol. The van der Waals surface area contributed by atoms with E-state index in [1.165, 1.54) is 7.11 Å². The third-order valence-electron chi connectivity index (χ3n) is 3.70. The molecule has 0 spiro atoms. The Labute approximate surface area is 148 Å². The van der Waals surface area contributed by atoms with Gasteiger partial charge in [-0.2, -0.15) is 0 Å². The van der Waals surface area contributed by atoms with Crippen LogP contribution in [-0.2, 0) is 14.8 Å². The van der Waals surface area contributed by atoms with Crippen LogP contribution >= 0.6 is 0 Å².